The summed E-state index contributed by atoms with van der Waals surface area (Å²) in [6.45, 7) is 5.23. The molecule has 0 bridgehead atoms. The van der Waals surface area contributed by atoms with Gasteiger partial charge in [0.15, 0.2) is 5.65 Å². The first kappa shape index (κ1) is 25.8. The molecule has 0 atom stereocenters. The Hall–Kier alpha value is -3.45. The molecule has 0 amide bonds. The maximum atomic E-state index is 13.7. The molecule has 0 spiro atoms. The number of rotatable bonds is 6. The van der Waals surface area contributed by atoms with Crippen LogP contribution < -0.4 is 0 Å². The molecule has 6 rings (SSSR count). The zero-order valence-corrected chi connectivity index (χ0v) is 23.4. The van der Waals surface area contributed by atoms with E-state index < -0.39 is 10.0 Å². The highest BCUT2D eigenvalue weighted by Gasteiger charge is 2.23. The van der Waals surface area contributed by atoms with Gasteiger partial charge in [-0.2, -0.15) is 0 Å². The molecule has 3 heterocycles. The van der Waals surface area contributed by atoms with E-state index in [9.17, 15) is 8.42 Å². The molecule has 1 fully saturated rings. The first-order valence-corrected chi connectivity index (χ1v) is 15.1. The number of nitrogens with zero attached hydrogens (tertiary/aromatic N) is 3. The van der Waals surface area contributed by atoms with Crippen molar-refractivity contribution in [1.29, 1.82) is 0 Å². The quantitative estimate of drug-likeness (QED) is 0.217. The molecule has 0 N–H and O–H groups in total. The van der Waals surface area contributed by atoms with Crippen molar-refractivity contribution in [1.82, 2.24) is 13.9 Å². The summed E-state index contributed by atoms with van der Waals surface area (Å²) in [6.07, 6.45) is 7.29. The summed E-state index contributed by atoms with van der Waals surface area (Å²) in [5.41, 5.74) is 6.25. The Labute approximate surface area is 234 Å². The average Bonchev–Trinajstić information content (AvgIpc) is 3.34. The van der Waals surface area contributed by atoms with Gasteiger partial charge in [0.25, 0.3) is 10.0 Å². The number of halogens is 1. The second-order valence-corrected chi connectivity index (χ2v) is 12.5. The van der Waals surface area contributed by atoms with Crippen molar-refractivity contribution in [2.45, 2.75) is 37.6 Å². The molecule has 0 radical (unpaired) electrons. The maximum absolute atomic E-state index is 13.7. The number of aryl methyl sites for hydroxylation is 1. The van der Waals surface area contributed by atoms with Gasteiger partial charge in [0.05, 0.1) is 4.90 Å². The second-order valence-electron chi connectivity index (χ2n) is 10.3. The van der Waals surface area contributed by atoms with Crippen LogP contribution in [-0.2, 0) is 16.6 Å². The second kappa shape index (κ2) is 10.6. The van der Waals surface area contributed by atoms with Crippen LogP contribution in [0.4, 0.5) is 0 Å². The minimum absolute atomic E-state index is 0.220. The minimum atomic E-state index is -3.86. The molecule has 0 aliphatic carbocycles. The number of hydrogen-bond acceptors (Lipinski definition) is 4. The van der Waals surface area contributed by atoms with Crippen molar-refractivity contribution in [3.05, 3.63) is 107 Å². The third-order valence-corrected chi connectivity index (χ3v) is 9.37. The zero-order valence-electron chi connectivity index (χ0n) is 21.8. The molecule has 5 aromatic rings. The maximum Gasteiger partial charge on any atom is 0.269 e. The summed E-state index contributed by atoms with van der Waals surface area (Å²) >= 11 is 6.32. The number of piperidine rings is 1. The van der Waals surface area contributed by atoms with E-state index in [2.05, 4.69) is 29.2 Å². The molecule has 0 saturated carbocycles. The Balaban J connectivity index is 1.43. The fraction of sp³-hybridized carbons (Fsp3) is 0.219. The molecule has 39 heavy (non-hydrogen) atoms. The largest absolute Gasteiger partial charge is 0.299 e. The summed E-state index contributed by atoms with van der Waals surface area (Å²) in [4.78, 5) is 7.43. The van der Waals surface area contributed by atoms with Crippen LogP contribution in [0.25, 0.3) is 33.3 Å². The average molecular weight is 556 g/mol. The summed E-state index contributed by atoms with van der Waals surface area (Å²) in [6, 6.07) is 25.0. The highest BCUT2D eigenvalue weighted by molar-refractivity contribution is 7.90. The van der Waals surface area contributed by atoms with E-state index in [0.717, 1.165) is 52.8 Å². The molecule has 3 aromatic carbocycles. The van der Waals surface area contributed by atoms with Crippen LogP contribution in [0.5, 0.6) is 0 Å². The molecule has 1 saturated heterocycles. The lowest BCUT2D eigenvalue weighted by Crippen LogP contribution is -2.28. The predicted molar refractivity (Wildman–Crippen MR) is 159 cm³/mol. The molecule has 7 heteroatoms. The van der Waals surface area contributed by atoms with Crippen LogP contribution in [0, 0.1) is 6.92 Å². The van der Waals surface area contributed by atoms with Crippen LogP contribution in [0.2, 0.25) is 5.02 Å². The number of fused-ring (bicyclic) bond motifs is 1. The van der Waals surface area contributed by atoms with Crippen LogP contribution in [0.3, 0.4) is 0 Å². The third-order valence-electron chi connectivity index (χ3n) is 7.47. The van der Waals surface area contributed by atoms with E-state index in [1.165, 1.54) is 28.8 Å². The standard InChI is InChI=1S/C32H30ClN3O2S/c1-23-8-14-29(15-9-23)39(37,38)36-22-31(26-6-5-7-28(33)18-26)30-19-27(20-34-32(30)36)25-12-10-24(11-13-25)21-35-16-3-2-4-17-35/h5-15,18-20,22H,2-4,16-17,21H2,1H3. The Morgan fingerprint density at radius 3 is 2.31 bits per heavy atom. The summed E-state index contributed by atoms with van der Waals surface area (Å²) in [7, 11) is -3.86. The molecule has 5 nitrogen and oxygen atoms in total. The molecule has 198 valence electrons. The molecule has 2 aromatic heterocycles. The first-order chi connectivity index (χ1) is 18.9. The van der Waals surface area contributed by atoms with E-state index in [1.807, 2.05) is 37.3 Å². The normalized spacial score (nSPS) is 14.6. The number of aromatic nitrogens is 2. The molecular weight excluding hydrogens is 526 g/mol. The van der Waals surface area contributed by atoms with Gasteiger partial charge in [0.2, 0.25) is 0 Å². The van der Waals surface area contributed by atoms with Gasteiger partial charge in [-0.1, -0.05) is 72.1 Å². The van der Waals surface area contributed by atoms with E-state index in [0.29, 0.717) is 10.7 Å². The topological polar surface area (TPSA) is 55.2 Å². The predicted octanol–water partition coefficient (Wildman–Crippen LogP) is 7.56. The summed E-state index contributed by atoms with van der Waals surface area (Å²) < 4.78 is 28.7. The van der Waals surface area contributed by atoms with Gasteiger partial charge in [-0.3, -0.25) is 4.90 Å². The van der Waals surface area contributed by atoms with Gasteiger partial charge in [-0.05, 0) is 79.9 Å². The van der Waals surface area contributed by atoms with Gasteiger partial charge in [-0.15, -0.1) is 0 Å². The molecule has 1 aliphatic rings. The molecule has 0 unspecified atom stereocenters. The van der Waals surface area contributed by atoms with E-state index in [1.54, 1.807) is 36.7 Å². The van der Waals surface area contributed by atoms with Crippen molar-refractivity contribution in [2.75, 3.05) is 13.1 Å². The van der Waals surface area contributed by atoms with Gasteiger partial charge >= 0.3 is 0 Å². The molecule has 1 aliphatic heterocycles. The SMILES string of the molecule is Cc1ccc(S(=O)(=O)n2cc(-c3cccc(Cl)c3)c3cc(-c4ccc(CN5CCCCC5)cc4)cnc32)cc1. The van der Waals surface area contributed by atoms with Gasteiger partial charge in [0, 0.05) is 40.5 Å². The Bertz CT molecular complexity index is 1740. The number of benzene rings is 3. The van der Waals surface area contributed by atoms with Gasteiger partial charge in [-0.25, -0.2) is 17.4 Å². The number of pyridine rings is 1. The van der Waals surface area contributed by atoms with Crippen LogP contribution in [-0.4, -0.2) is 35.4 Å². The monoisotopic (exact) mass is 555 g/mol. The highest BCUT2D eigenvalue weighted by Crippen LogP contribution is 2.35. The van der Waals surface area contributed by atoms with Crippen LogP contribution >= 0.6 is 11.6 Å². The zero-order chi connectivity index (χ0) is 27.0. The van der Waals surface area contributed by atoms with Crippen LogP contribution in [0.1, 0.15) is 30.4 Å². The van der Waals surface area contributed by atoms with Crippen molar-refractivity contribution < 1.29 is 8.42 Å². The van der Waals surface area contributed by atoms with E-state index >= 15 is 0 Å². The van der Waals surface area contributed by atoms with E-state index in [-0.39, 0.29) is 4.90 Å². The lowest BCUT2D eigenvalue weighted by Gasteiger charge is -2.26. The first-order valence-electron chi connectivity index (χ1n) is 13.3. The Morgan fingerprint density at radius 2 is 1.59 bits per heavy atom. The third kappa shape index (κ3) is 5.24. The Morgan fingerprint density at radius 1 is 0.846 bits per heavy atom. The fourth-order valence-electron chi connectivity index (χ4n) is 5.31. The van der Waals surface area contributed by atoms with Crippen molar-refractivity contribution >= 4 is 32.7 Å². The fourth-order valence-corrected chi connectivity index (χ4v) is 6.82. The van der Waals surface area contributed by atoms with Gasteiger partial charge < -0.3 is 0 Å². The van der Waals surface area contributed by atoms with Crippen molar-refractivity contribution in [3.8, 4) is 22.3 Å². The summed E-state index contributed by atoms with van der Waals surface area (Å²) in [5.74, 6) is 0. The van der Waals surface area contributed by atoms with Crippen molar-refractivity contribution in [2.24, 2.45) is 0 Å². The van der Waals surface area contributed by atoms with Crippen LogP contribution in [0.15, 0.2) is 96.2 Å². The number of likely N-dealkylation sites (tertiary alicyclic amines) is 1. The van der Waals surface area contributed by atoms with E-state index in [4.69, 9.17) is 16.6 Å². The Kier molecular flexibility index (Phi) is 7.02. The highest BCUT2D eigenvalue weighted by atomic mass is 35.5. The van der Waals surface area contributed by atoms with Crippen molar-refractivity contribution in [3.63, 3.8) is 0 Å². The number of hydrogen-bond donors (Lipinski definition) is 0. The summed E-state index contributed by atoms with van der Waals surface area (Å²) in [5, 5.41) is 1.34. The van der Waals surface area contributed by atoms with Gasteiger partial charge in [0.1, 0.15) is 0 Å². The molecular formula is C32H30ClN3O2S. The lowest BCUT2D eigenvalue weighted by atomic mass is 10.0. The smallest absolute Gasteiger partial charge is 0.269 e. The minimum Gasteiger partial charge on any atom is -0.299 e. The lowest BCUT2D eigenvalue weighted by molar-refractivity contribution is 0.221.